The molecule has 92 valence electrons. The highest BCUT2D eigenvalue weighted by atomic mass is 16.5. The molecular formula is C11H17N5O. The zero-order valence-corrected chi connectivity index (χ0v) is 9.89. The summed E-state index contributed by atoms with van der Waals surface area (Å²) in [7, 11) is 1.67. The van der Waals surface area contributed by atoms with Crippen LogP contribution in [0.3, 0.4) is 0 Å². The first kappa shape index (κ1) is 11.8. The Hall–Kier alpha value is -1.69. The molecule has 1 saturated carbocycles. The van der Waals surface area contributed by atoms with Crippen molar-refractivity contribution in [1.29, 1.82) is 5.41 Å². The van der Waals surface area contributed by atoms with Crippen LogP contribution in [0, 0.1) is 5.41 Å². The second-order valence-electron chi connectivity index (χ2n) is 4.10. The van der Waals surface area contributed by atoms with Crippen LogP contribution in [-0.2, 0) is 4.74 Å². The molecule has 3 N–H and O–H groups in total. The van der Waals surface area contributed by atoms with E-state index in [9.17, 15) is 0 Å². The molecule has 1 aromatic rings. The van der Waals surface area contributed by atoms with E-state index in [1.165, 1.54) is 0 Å². The van der Waals surface area contributed by atoms with Crippen LogP contribution in [0.2, 0.25) is 0 Å². The smallest absolute Gasteiger partial charge is 0.162 e. The second-order valence-corrected chi connectivity index (χ2v) is 4.10. The average molecular weight is 235 g/mol. The molecule has 0 radical (unpaired) electrons. The Morgan fingerprint density at radius 2 is 2.41 bits per heavy atom. The Balaban J connectivity index is 2.25. The Morgan fingerprint density at radius 3 is 3.00 bits per heavy atom. The topological polar surface area (TPSA) is 88.1 Å². The van der Waals surface area contributed by atoms with Crippen molar-refractivity contribution >= 4 is 11.7 Å². The number of hydrogen-bond acceptors (Lipinski definition) is 5. The highest BCUT2D eigenvalue weighted by Gasteiger charge is 2.31. The van der Waals surface area contributed by atoms with E-state index in [4.69, 9.17) is 15.9 Å². The number of hydrogen-bond donors (Lipinski definition) is 2. The third-order valence-corrected chi connectivity index (χ3v) is 2.79. The normalized spacial score (nSPS) is 14.6. The van der Waals surface area contributed by atoms with Crippen molar-refractivity contribution in [3.05, 3.63) is 17.8 Å². The minimum Gasteiger partial charge on any atom is -0.384 e. The summed E-state index contributed by atoms with van der Waals surface area (Å²) >= 11 is 0. The molecule has 1 aliphatic carbocycles. The van der Waals surface area contributed by atoms with Gasteiger partial charge in [0.15, 0.2) is 5.82 Å². The largest absolute Gasteiger partial charge is 0.384 e. The molecule has 6 heteroatoms. The highest BCUT2D eigenvalue weighted by molar-refractivity contribution is 5.99. The maximum absolute atomic E-state index is 7.56. The van der Waals surface area contributed by atoms with E-state index in [0.29, 0.717) is 24.0 Å². The number of aromatic nitrogens is 2. The lowest BCUT2D eigenvalue weighted by Gasteiger charge is -2.24. The van der Waals surface area contributed by atoms with Crippen molar-refractivity contribution in [2.24, 2.45) is 5.73 Å². The second kappa shape index (κ2) is 5.09. The Labute approximate surface area is 100 Å². The van der Waals surface area contributed by atoms with Crippen LogP contribution in [0.25, 0.3) is 0 Å². The fourth-order valence-corrected chi connectivity index (χ4v) is 1.78. The van der Waals surface area contributed by atoms with Crippen LogP contribution in [0.4, 0.5) is 5.82 Å². The molecular weight excluding hydrogens is 218 g/mol. The van der Waals surface area contributed by atoms with Crippen LogP contribution in [0.1, 0.15) is 18.4 Å². The van der Waals surface area contributed by atoms with E-state index in [-0.39, 0.29) is 5.84 Å². The number of anilines is 1. The quantitative estimate of drug-likeness (QED) is 0.549. The molecule has 1 aliphatic rings. The predicted octanol–water partition coefficient (Wildman–Crippen LogP) is 0.376. The van der Waals surface area contributed by atoms with Gasteiger partial charge < -0.3 is 15.4 Å². The molecule has 0 spiro atoms. The van der Waals surface area contributed by atoms with E-state index >= 15 is 0 Å². The van der Waals surface area contributed by atoms with Crippen molar-refractivity contribution in [3.63, 3.8) is 0 Å². The van der Waals surface area contributed by atoms with E-state index < -0.39 is 0 Å². The number of rotatable bonds is 6. The van der Waals surface area contributed by atoms with Gasteiger partial charge in [-0.15, -0.1) is 5.10 Å². The van der Waals surface area contributed by atoms with Gasteiger partial charge in [0.05, 0.1) is 18.4 Å². The monoisotopic (exact) mass is 235 g/mol. The van der Waals surface area contributed by atoms with Gasteiger partial charge in [-0.3, -0.25) is 5.41 Å². The number of nitrogen functional groups attached to an aromatic ring is 1. The Morgan fingerprint density at radius 1 is 1.65 bits per heavy atom. The highest BCUT2D eigenvalue weighted by Crippen LogP contribution is 2.31. The maximum atomic E-state index is 7.56. The number of amidine groups is 1. The lowest BCUT2D eigenvalue weighted by Crippen LogP contribution is -2.32. The number of nitrogens with zero attached hydrogens (tertiary/aromatic N) is 3. The van der Waals surface area contributed by atoms with Crippen molar-refractivity contribution in [1.82, 2.24) is 10.2 Å². The first-order valence-corrected chi connectivity index (χ1v) is 5.65. The first-order valence-electron chi connectivity index (χ1n) is 5.65. The van der Waals surface area contributed by atoms with Gasteiger partial charge in [0.25, 0.3) is 0 Å². The van der Waals surface area contributed by atoms with Crippen LogP contribution in [-0.4, -0.2) is 42.3 Å². The van der Waals surface area contributed by atoms with Crippen molar-refractivity contribution in [2.45, 2.75) is 18.9 Å². The van der Waals surface area contributed by atoms with Crippen LogP contribution in [0.15, 0.2) is 12.3 Å². The summed E-state index contributed by atoms with van der Waals surface area (Å²) in [5, 5.41) is 15.6. The molecule has 2 rings (SSSR count). The summed E-state index contributed by atoms with van der Waals surface area (Å²) in [6, 6.07) is 2.22. The minimum absolute atomic E-state index is 0.0259. The van der Waals surface area contributed by atoms with E-state index in [1.54, 1.807) is 19.4 Å². The van der Waals surface area contributed by atoms with Crippen molar-refractivity contribution < 1.29 is 4.74 Å². The predicted molar refractivity (Wildman–Crippen MR) is 65.3 cm³/mol. The lowest BCUT2D eigenvalue weighted by molar-refractivity contribution is 0.204. The van der Waals surface area contributed by atoms with Gasteiger partial charge in [0.1, 0.15) is 5.84 Å². The molecule has 0 saturated heterocycles. The average Bonchev–Trinajstić information content (AvgIpc) is 3.14. The summed E-state index contributed by atoms with van der Waals surface area (Å²) in [5.41, 5.74) is 6.20. The van der Waals surface area contributed by atoms with E-state index in [2.05, 4.69) is 15.1 Å². The van der Waals surface area contributed by atoms with Gasteiger partial charge in [-0.25, -0.2) is 0 Å². The first-order chi connectivity index (χ1) is 8.24. The molecule has 0 amide bonds. The molecule has 1 heterocycles. The minimum atomic E-state index is 0.0259. The zero-order chi connectivity index (χ0) is 12.3. The molecule has 17 heavy (non-hydrogen) atoms. The van der Waals surface area contributed by atoms with Gasteiger partial charge in [0, 0.05) is 19.7 Å². The van der Waals surface area contributed by atoms with Crippen LogP contribution >= 0.6 is 0 Å². The standard InChI is InChI=1S/C11H17N5O/c1-17-7-6-16(8-2-3-8)11-9(10(12)13)4-5-14-15-11/h4-5,8H,2-3,6-7H2,1H3,(H3,12,13). The summed E-state index contributed by atoms with van der Waals surface area (Å²) < 4.78 is 5.10. The molecule has 6 nitrogen and oxygen atoms in total. The number of methoxy groups -OCH3 is 1. The summed E-state index contributed by atoms with van der Waals surface area (Å²) in [6.07, 6.45) is 3.86. The van der Waals surface area contributed by atoms with Gasteiger partial charge in [-0.2, -0.15) is 5.10 Å². The summed E-state index contributed by atoms with van der Waals surface area (Å²) in [4.78, 5) is 2.13. The molecule has 1 aromatic heterocycles. The molecule has 0 aromatic carbocycles. The molecule has 0 unspecified atom stereocenters. The number of nitrogens with two attached hydrogens (primary N) is 1. The Kier molecular flexibility index (Phi) is 3.53. The SMILES string of the molecule is COCCN(c1nnccc1C(=N)N)C1CC1. The number of ether oxygens (including phenoxy) is 1. The van der Waals surface area contributed by atoms with Gasteiger partial charge >= 0.3 is 0 Å². The third kappa shape index (κ3) is 2.71. The molecule has 0 aliphatic heterocycles. The molecule has 0 bridgehead atoms. The third-order valence-electron chi connectivity index (χ3n) is 2.79. The fraction of sp³-hybridized carbons (Fsp3) is 0.545. The fourth-order valence-electron chi connectivity index (χ4n) is 1.78. The van der Waals surface area contributed by atoms with Crippen LogP contribution < -0.4 is 10.6 Å². The van der Waals surface area contributed by atoms with Crippen molar-refractivity contribution in [3.8, 4) is 0 Å². The van der Waals surface area contributed by atoms with Crippen LogP contribution in [0.5, 0.6) is 0 Å². The lowest BCUT2D eigenvalue weighted by atomic mass is 10.2. The summed E-state index contributed by atoms with van der Waals surface area (Å²) in [5.74, 6) is 0.720. The zero-order valence-electron chi connectivity index (χ0n) is 9.89. The number of nitrogens with one attached hydrogen (secondary N) is 1. The van der Waals surface area contributed by atoms with E-state index in [1.807, 2.05) is 0 Å². The van der Waals surface area contributed by atoms with Crippen molar-refractivity contribution in [2.75, 3.05) is 25.2 Å². The molecule has 0 atom stereocenters. The van der Waals surface area contributed by atoms with Gasteiger partial charge in [-0.05, 0) is 18.9 Å². The molecule has 1 fully saturated rings. The Bertz CT molecular complexity index is 405. The summed E-state index contributed by atoms with van der Waals surface area (Å²) in [6.45, 7) is 1.38. The van der Waals surface area contributed by atoms with Gasteiger partial charge in [-0.1, -0.05) is 0 Å². The maximum Gasteiger partial charge on any atom is 0.162 e. The van der Waals surface area contributed by atoms with Gasteiger partial charge in [0.2, 0.25) is 0 Å². The van der Waals surface area contributed by atoms with E-state index in [0.717, 1.165) is 19.4 Å².